The summed E-state index contributed by atoms with van der Waals surface area (Å²) in [7, 11) is -1.08. The summed E-state index contributed by atoms with van der Waals surface area (Å²) in [6.45, 7) is -2.04. The van der Waals surface area contributed by atoms with Gasteiger partial charge in [-0.25, -0.2) is 9.78 Å². The van der Waals surface area contributed by atoms with E-state index in [1.54, 1.807) is 27.7 Å². The van der Waals surface area contributed by atoms with Gasteiger partial charge in [0.1, 0.15) is 5.60 Å². The molecule has 2 fully saturated rings. The zero-order valence-corrected chi connectivity index (χ0v) is 17.3. The first-order valence-electron chi connectivity index (χ1n) is 13.0. The Morgan fingerprint density at radius 3 is 2.33 bits per heavy atom. The molecule has 3 heterocycles. The zero-order valence-electron chi connectivity index (χ0n) is 25.5. The minimum atomic E-state index is -3.43. The minimum absolute atomic E-state index is 0.0749. The maximum atomic E-state index is 12.8. The van der Waals surface area contributed by atoms with Gasteiger partial charge in [0, 0.05) is 32.2 Å². The van der Waals surface area contributed by atoms with Crippen molar-refractivity contribution in [1.82, 2.24) is 9.88 Å². The average molecular weight is 404 g/mol. The van der Waals surface area contributed by atoms with E-state index in [0.29, 0.717) is 11.3 Å². The number of piperazine rings is 1. The number of amides is 1. The summed E-state index contributed by atoms with van der Waals surface area (Å²) in [6.07, 6.45) is -1.99. The maximum Gasteiger partial charge on any atom is 0.507 e. The first kappa shape index (κ1) is 11.6. The van der Waals surface area contributed by atoms with Gasteiger partial charge >= 0.3 is 13.2 Å². The van der Waals surface area contributed by atoms with Crippen molar-refractivity contribution < 1.29 is 31.2 Å². The maximum absolute atomic E-state index is 12.8. The van der Waals surface area contributed by atoms with Crippen LogP contribution < -0.4 is 9.68 Å². The summed E-state index contributed by atoms with van der Waals surface area (Å²) < 4.78 is 93.1. The highest BCUT2D eigenvalue weighted by molar-refractivity contribution is 7.25. The molecule has 0 aliphatic carbocycles. The van der Waals surface area contributed by atoms with Crippen LogP contribution in [0.5, 0.6) is 0 Å². The van der Waals surface area contributed by atoms with E-state index in [9.17, 15) is 4.79 Å². The molecule has 2 aliphatic heterocycles. The van der Waals surface area contributed by atoms with Crippen LogP contribution in [0.15, 0.2) is 6.17 Å². The number of hydrogen-bond donors (Lipinski definition) is 0. The number of rotatable bonds is 2. The van der Waals surface area contributed by atoms with E-state index in [1.807, 2.05) is 0 Å². The molecule has 150 valence electrons. The van der Waals surface area contributed by atoms with Crippen LogP contribution in [0, 0.1) is 0 Å². The van der Waals surface area contributed by atoms with E-state index in [2.05, 4.69) is 4.98 Å². The van der Waals surface area contributed by atoms with Crippen molar-refractivity contribution in [2.45, 2.75) is 65.3 Å². The third kappa shape index (κ3) is 4.41. The molecule has 0 aromatic carbocycles. The quantitative estimate of drug-likeness (QED) is 0.706. The summed E-state index contributed by atoms with van der Waals surface area (Å²) in [6, 6.07) is 0. The molecule has 0 bridgehead atoms. The minimum Gasteiger partial charge on any atom is -0.444 e. The SMILES string of the molecule is [2H]c1nc(N2C([2H])([2H])C([2H])([2H])N(C(=O)OC(C)(C)C)C([2H])([2H])C2([2H])[2H])sc1B1OC(C)(C)C(C)(C)O1. The Morgan fingerprint density at radius 2 is 1.81 bits per heavy atom. The van der Waals surface area contributed by atoms with Crippen molar-refractivity contribution in [2.75, 3.05) is 30.9 Å². The van der Waals surface area contributed by atoms with Gasteiger partial charge in [0.15, 0.2) is 5.13 Å². The van der Waals surface area contributed by atoms with E-state index in [4.69, 9.17) is 26.4 Å². The van der Waals surface area contributed by atoms with Gasteiger partial charge in [-0.05, 0) is 48.5 Å². The lowest BCUT2D eigenvalue weighted by Crippen LogP contribution is -2.50. The Morgan fingerprint density at radius 1 is 1.26 bits per heavy atom. The Bertz CT molecular complexity index is 1020. The number of anilines is 1. The Labute approximate surface area is 178 Å². The lowest BCUT2D eigenvalue weighted by atomic mass is 9.89. The van der Waals surface area contributed by atoms with Crippen LogP contribution in [-0.2, 0) is 14.0 Å². The summed E-state index contributed by atoms with van der Waals surface area (Å²) >= 11 is 0.620. The fraction of sp³-hybridized carbons (Fsp3) is 0.778. The molecule has 1 aromatic rings. The van der Waals surface area contributed by atoms with E-state index < -0.39 is 67.3 Å². The number of ether oxygens (including phenoxy) is 1. The smallest absolute Gasteiger partial charge is 0.444 e. The van der Waals surface area contributed by atoms with Gasteiger partial charge in [-0.3, -0.25) is 0 Å². The van der Waals surface area contributed by atoms with Gasteiger partial charge in [0.05, 0.1) is 28.3 Å². The normalized spacial score (nSPS) is 34.6. The topological polar surface area (TPSA) is 64.1 Å². The van der Waals surface area contributed by atoms with Crippen LogP contribution in [0.1, 0.15) is 60.8 Å². The summed E-state index contributed by atoms with van der Waals surface area (Å²) in [5, 5.41) is -0.517. The number of hydrogen-bond acceptors (Lipinski definition) is 7. The van der Waals surface area contributed by atoms with Crippen molar-refractivity contribution in [2.24, 2.45) is 0 Å². The van der Waals surface area contributed by atoms with Gasteiger partial charge in [-0.1, -0.05) is 0 Å². The molecular formula is C18H30BN3O4S. The fourth-order valence-electron chi connectivity index (χ4n) is 2.14. The number of thiazole rings is 1. The van der Waals surface area contributed by atoms with Crippen molar-refractivity contribution in [3.63, 3.8) is 0 Å². The highest BCUT2D eigenvalue weighted by atomic mass is 32.1. The van der Waals surface area contributed by atoms with E-state index in [0.717, 1.165) is 0 Å². The van der Waals surface area contributed by atoms with Gasteiger partial charge in [0.25, 0.3) is 0 Å². The van der Waals surface area contributed by atoms with Crippen molar-refractivity contribution in [3.05, 3.63) is 6.17 Å². The van der Waals surface area contributed by atoms with Gasteiger partial charge in [0.2, 0.25) is 0 Å². The number of carbonyl (C=O) groups is 1. The average Bonchev–Trinajstić information content (AvgIpc) is 3.07. The van der Waals surface area contributed by atoms with E-state index >= 15 is 0 Å². The van der Waals surface area contributed by atoms with Crippen LogP contribution in [0.4, 0.5) is 9.93 Å². The van der Waals surface area contributed by atoms with Crippen LogP contribution in [0.2, 0.25) is 0 Å². The number of aromatic nitrogens is 1. The van der Waals surface area contributed by atoms with Crippen molar-refractivity contribution in [3.8, 4) is 0 Å². The molecule has 2 aliphatic rings. The van der Waals surface area contributed by atoms with Crippen LogP contribution in [0.25, 0.3) is 0 Å². The second-order valence-electron chi connectivity index (χ2n) is 8.16. The summed E-state index contributed by atoms with van der Waals surface area (Å²) in [5.74, 6) is 0. The fourth-order valence-corrected chi connectivity index (χ4v) is 2.90. The molecule has 1 aromatic heterocycles. The standard InChI is InChI=1S/C18H30BN3O4S/c1-16(2,3)24-15(23)22-10-8-21(9-11-22)14-20-12-13(27-14)19-25-17(4,5)18(6,7)26-19/h12H,8-11H2,1-7H3/i8D2,9D2,10D2,11D2,12D. The first-order valence-corrected chi connectivity index (χ1v) is 9.29. The molecule has 1 amide bonds. The molecule has 27 heavy (non-hydrogen) atoms. The highest BCUT2D eigenvalue weighted by Gasteiger charge is 2.52. The molecule has 0 spiro atoms. The molecule has 0 N–H and O–H groups in total. The Kier molecular flexibility index (Phi) is 2.99. The Balaban J connectivity index is 2.12. The summed E-state index contributed by atoms with van der Waals surface area (Å²) in [5.41, 5.74) is -2.73. The van der Waals surface area contributed by atoms with Crippen molar-refractivity contribution in [1.29, 1.82) is 0 Å². The number of nitrogens with zero attached hydrogens (tertiary/aromatic N) is 3. The predicted octanol–water partition coefficient (Wildman–Crippen LogP) is 2.50. The third-order valence-corrected chi connectivity index (χ3v) is 5.20. The van der Waals surface area contributed by atoms with Gasteiger partial charge in [-0.2, -0.15) is 0 Å². The second-order valence-corrected chi connectivity index (χ2v) is 9.17. The molecule has 9 heteroatoms. The highest BCUT2D eigenvalue weighted by Crippen LogP contribution is 2.37. The van der Waals surface area contributed by atoms with Crippen molar-refractivity contribution >= 4 is 34.5 Å². The first-order chi connectivity index (χ1) is 15.8. The number of carbonyl (C=O) groups excluding carboxylic acids is 1. The molecule has 0 saturated carbocycles. The molecule has 0 radical (unpaired) electrons. The second kappa shape index (κ2) is 6.94. The van der Waals surface area contributed by atoms with Crippen LogP contribution >= 0.6 is 11.3 Å². The molecule has 2 saturated heterocycles. The van der Waals surface area contributed by atoms with Gasteiger partial charge < -0.3 is 23.8 Å². The van der Waals surface area contributed by atoms with Crippen LogP contribution in [0.3, 0.4) is 0 Å². The lowest BCUT2D eigenvalue weighted by molar-refractivity contribution is 0.00578. The monoisotopic (exact) mass is 404 g/mol. The lowest BCUT2D eigenvalue weighted by Gasteiger charge is -2.35. The molecular weight excluding hydrogens is 365 g/mol. The third-order valence-electron chi connectivity index (χ3n) is 4.24. The zero-order chi connectivity index (χ0) is 28.1. The van der Waals surface area contributed by atoms with E-state index in [1.165, 1.54) is 20.8 Å². The van der Waals surface area contributed by atoms with Gasteiger partial charge in [-0.15, -0.1) is 11.3 Å². The molecule has 7 nitrogen and oxygen atoms in total. The largest absolute Gasteiger partial charge is 0.507 e. The summed E-state index contributed by atoms with van der Waals surface area (Å²) in [4.78, 5) is 16.7. The van der Waals surface area contributed by atoms with E-state index in [-0.39, 0.29) is 14.6 Å². The molecule has 3 rings (SSSR count). The van der Waals surface area contributed by atoms with Crippen LogP contribution in [-0.4, -0.2) is 65.9 Å². The molecule has 0 atom stereocenters. The molecule has 0 unspecified atom stereocenters. The predicted molar refractivity (Wildman–Crippen MR) is 108 cm³/mol. The Hall–Kier alpha value is -1.32.